The molecule has 0 aliphatic carbocycles. The minimum atomic E-state index is -4.37. The van der Waals surface area contributed by atoms with Gasteiger partial charge in [0, 0.05) is 22.3 Å². The highest BCUT2D eigenvalue weighted by Gasteiger charge is 2.28. The van der Waals surface area contributed by atoms with Gasteiger partial charge in [0.05, 0.1) is 0 Å². The maximum absolute atomic E-state index is 12.5. The smallest absolute Gasteiger partial charge is 0.360 e. The molecule has 0 aliphatic heterocycles. The minimum absolute atomic E-state index is 0.132. The van der Waals surface area contributed by atoms with E-state index in [9.17, 15) is 13.2 Å². The van der Waals surface area contributed by atoms with Crippen molar-refractivity contribution in [3.63, 3.8) is 0 Å². The molecule has 5 nitrogen and oxygen atoms in total. The molecule has 22 heavy (non-hydrogen) atoms. The van der Waals surface area contributed by atoms with Crippen molar-refractivity contribution in [3.8, 4) is 11.1 Å². The molecule has 3 rings (SSSR count). The maximum Gasteiger partial charge on any atom is 0.405 e. The van der Waals surface area contributed by atoms with Crippen LogP contribution in [0.15, 0.2) is 36.8 Å². The van der Waals surface area contributed by atoms with E-state index in [1.54, 1.807) is 24.3 Å². The van der Waals surface area contributed by atoms with Gasteiger partial charge in [0.15, 0.2) is 0 Å². The fraction of sp³-hybridized carbons (Fsp3) is 0.154. The molecule has 2 heterocycles. The molecule has 0 amide bonds. The molecule has 1 aromatic carbocycles. The minimum Gasteiger partial charge on any atom is -0.360 e. The van der Waals surface area contributed by atoms with Crippen molar-refractivity contribution in [3.05, 3.63) is 41.8 Å². The van der Waals surface area contributed by atoms with E-state index in [1.165, 1.54) is 17.0 Å². The summed E-state index contributed by atoms with van der Waals surface area (Å²) in [4.78, 5) is 7.94. The van der Waals surface area contributed by atoms with E-state index < -0.39 is 12.7 Å². The quantitative estimate of drug-likeness (QED) is 0.801. The van der Waals surface area contributed by atoms with Crippen molar-refractivity contribution < 1.29 is 13.2 Å². The first kappa shape index (κ1) is 14.6. The highest BCUT2D eigenvalue weighted by Crippen LogP contribution is 2.33. The third-order valence-corrected chi connectivity index (χ3v) is 3.26. The van der Waals surface area contributed by atoms with Crippen LogP contribution in [0.2, 0.25) is 5.02 Å². The van der Waals surface area contributed by atoms with Gasteiger partial charge >= 0.3 is 6.18 Å². The van der Waals surface area contributed by atoms with Crippen molar-refractivity contribution in [2.75, 3.05) is 11.9 Å². The summed E-state index contributed by atoms with van der Waals surface area (Å²) >= 11 is 6.12. The second-order valence-electron chi connectivity index (χ2n) is 4.44. The van der Waals surface area contributed by atoms with Gasteiger partial charge in [-0.25, -0.2) is 4.98 Å². The Bertz CT molecular complexity index is 815. The van der Waals surface area contributed by atoms with Crippen LogP contribution in [0.1, 0.15) is 0 Å². The van der Waals surface area contributed by atoms with E-state index in [1.807, 2.05) is 0 Å². The summed E-state index contributed by atoms with van der Waals surface area (Å²) in [7, 11) is 0. The average molecular weight is 328 g/mol. The Morgan fingerprint density at radius 2 is 1.91 bits per heavy atom. The standard InChI is InChI=1S/C13H9ClF3N5/c14-10-4-2-1-3-8(10)9-5-18-12-20-7-21-22(12)11(9)19-6-13(15,16)17/h1-5,7,19H,6H2. The van der Waals surface area contributed by atoms with Crippen LogP contribution in [0.3, 0.4) is 0 Å². The second kappa shape index (κ2) is 5.45. The third kappa shape index (κ3) is 2.82. The molecule has 114 valence electrons. The number of nitrogens with zero attached hydrogens (tertiary/aromatic N) is 4. The molecule has 0 saturated carbocycles. The van der Waals surface area contributed by atoms with E-state index in [0.29, 0.717) is 16.1 Å². The number of aromatic nitrogens is 4. The van der Waals surface area contributed by atoms with Gasteiger partial charge in [-0.1, -0.05) is 29.8 Å². The van der Waals surface area contributed by atoms with Gasteiger partial charge in [0.25, 0.3) is 5.78 Å². The lowest BCUT2D eigenvalue weighted by molar-refractivity contribution is -0.115. The molecule has 2 aromatic heterocycles. The molecule has 0 radical (unpaired) electrons. The zero-order chi connectivity index (χ0) is 15.7. The van der Waals surface area contributed by atoms with E-state index in [4.69, 9.17) is 11.6 Å². The Morgan fingerprint density at radius 1 is 1.14 bits per heavy atom. The summed E-state index contributed by atoms with van der Waals surface area (Å²) in [6.07, 6.45) is -1.73. The van der Waals surface area contributed by atoms with Crippen LogP contribution in [0.25, 0.3) is 16.9 Å². The Labute approximate surface area is 127 Å². The van der Waals surface area contributed by atoms with E-state index in [0.717, 1.165) is 0 Å². The van der Waals surface area contributed by atoms with Crippen LogP contribution in [-0.2, 0) is 0 Å². The van der Waals surface area contributed by atoms with Crippen LogP contribution in [-0.4, -0.2) is 32.3 Å². The summed E-state index contributed by atoms with van der Waals surface area (Å²) in [5.41, 5.74) is 0.964. The molecular formula is C13H9ClF3N5. The molecule has 0 spiro atoms. The number of halogens is 4. The summed E-state index contributed by atoms with van der Waals surface area (Å²) in [6, 6.07) is 6.81. The number of hydrogen-bond acceptors (Lipinski definition) is 4. The van der Waals surface area contributed by atoms with Crippen LogP contribution in [0.5, 0.6) is 0 Å². The number of nitrogens with one attached hydrogen (secondary N) is 1. The average Bonchev–Trinajstić information content (AvgIpc) is 2.93. The molecule has 9 heteroatoms. The van der Waals surface area contributed by atoms with E-state index >= 15 is 0 Å². The number of rotatable bonds is 3. The molecule has 0 saturated heterocycles. The number of anilines is 1. The molecule has 0 unspecified atom stereocenters. The molecule has 0 aliphatic rings. The van der Waals surface area contributed by atoms with Gasteiger partial charge in [-0.3, -0.25) is 0 Å². The molecule has 0 atom stereocenters. The van der Waals surface area contributed by atoms with Gasteiger partial charge in [-0.15, -0.1) is 0 Å². The predicted octanol–water partition coefficient (Wildman–Crippen LogP) is 3.42. The Kier molecular flexibility index (Phi) is 3.61. The first-order valence-corrected chi connectivity index (χ1v) is 6.58. The largest absolute Gasteiger partial charge is 0.405 e. The van der Waals surface area contributed by atoms with Crippen molar-refractivity contribution in [2.24, 2.45) is 0 Å². The van der Waals surface area contributed by atoms with Crippen LogP contribution in [0.4, 0.5) is 19.0 Å². The highest BCUT2D eigenvalue weighted by atomic mass is 35.5. The normalized spacial score (nSPS) is 11.8. The van der Waals surface area contributed by atoms with Gasteiger partial charge in [-0.2, -0.15) is 27.8 Å². The zero-order valence-electron chi connectivity index (χ0n) is 11.0. The topological polar surface area (TPSA) is 55.1 Å². The number of benzene rings is 1. The van der Waals surface area contributed by atoms with Crippen LogP contribution < -0.4 is 5.32 Å². The lowest BCUT2D eigenvalue weighted by Crippen LogP contribution is -2.23. The molecule has 3 aromatic rings. The van der Waals surface area contributed by atoms with Gasteiger partial charge < -0.3 is 5.32 Å². The summed E-state index contributed by atoms with van der Waals surface area (Å²) in [5.74, 6) is 0.327. The predicted molar refractivity (Wildman–Crippen MR) is 75.8 cm³/mol. The summed E-state index contributed by atoms with van der Waals surface area (Å²) < 4.78 is 38.8. The Hall–Kier alpha value is -2.35. The second-order valence-corrected chi connectivity index (χ2v) is 4.85. The first-order chi connectivity index (χ1) is 10.5. The molecule has 1 N–H and O–H groups in total. The Balaban J connectivity index is 2.15. The van der Waals surface area contributed by atoms with Crippen LogP contribution >= 0.6 is 11.6 Å². The molecule has 0 bridgehead atoms. The van der Waals surface area contributed by atoms with Gasteiger partial charge in [-0.05, 0) is 6.07 Å². The lowest BCUT2D eigenvalue weighted by Gasteiger charge is -2.15. The summed E-state index contributed by atoms with van der Waals surface area (Å²) in [6.45, 7) is -1.20. The van der Waals surface area contributed by atoms with Crippen molar-refractivity contribution in [1.82, 2.24) is 19.6 Å². The molecule has 0 fully saturated rings. The lowest BCUT2D eigenvalue weighted by atomic mass is 10.1. The van der Waals surface area contributed by atoms with E-state index in [-0.39, 0.29) is 11.6 Å². The third-order valence-electron chi connectivity index (χ3n) is 2.93. The fourth-order valence-electron chi connectivity index (χ4n) is 2.01. The van der Waals surface area contributed by atoms with Gasteiger partial charge in [0.2, 0.25) is 0 Å². The number of alkyl halides is 3. The Morgan fingerprint density at radius 3 is 2.64 bits per heavy atom. The van der Waals surface area contributed by atoms with Gasteiger partial charge in [0.1, 0.15) is 18.7 Å². The summed E-state index contributed by atoms with van der Waals surface area (Å²) in [5, 5.41) is 6.65. The first-order valence-electron chi connectivity index (χ1n) is 6.20. The maximum atomic E-state index is 12.5. The van der Waals surface area contributed by atoms with E-state index in [2.05, 4.69) is 20.4 Å². The highest BCUT2D eigenvalue weighted by molar-refractivity contribution is 6.33. The number of hydrogen-bond donors (Lipinski definition) is 1. The number of fused-ring (bicyclic) bond motifs is 1. The monoisotopic (exact) mass is 327 g/mol. The van der Waals surface area contributed by atoms with Crippen molar-refractivity contribution in [2.45, 2.75) is 6.18 Å². The van der Waals surface area contributed by atoms with Crippen molar-refractivity contribution >= 4 is 23.2 Å². The van der Waals surface area contributed by atoms with Crippen molar-refractivity contribution in [1.29, 1.82) is 0 Å². The zero-order valence-corrected chi connectivity index (χ0v) is 11.7. The fourth-order valence-corrected chi connectivity index (χ4v) is 2.25. The molecular weight excluding hydrogens is 319 g/mol. The van der Waals surface area contributed by atoms with Crippen LogP contribution in [0, 0.1) is 0 Å². The SMILES string of the molecule is FC(F)(F)CNc1c(-c2ccccc2Cl)cnc2ncnn12.